The molecule has 138 heavy (non-hydrogen) atoms. The second-order valence-electron chi connectivity index (χ2n) is 39.7. The Morgan fingerprint density at radius 2 is 0.942 bits per heavy atom. The number of aromatic amines is 2. The maximum absolute atomic E-state index is 14.1. The van der Waals surface area contributed by atoms with E-state index in [1.807, 2.05) is 36.4 Å². The van der Waals surface area contributed by atoms with Crippen molar-refractivity contribution >= 4 is 136 Å². The third-order valence-corrected chi connectivity index (χ3v) is 32.2. The van der Waals surface area contributed by atoms with Gasteiger partial charge in [-0.05, 0) is 209 Å². The number of nitrogens with zero attached hydrogens (tertiary/aromatic N) is 11. The van der Waals surface area contributed by atoms with E-state index in [0.717, 1.165) is 167 Å². The highest BCUT2D eigenvalue weighted by molar-refractivity contribution is 8.01. The Bertz CT molecular complexity index is 6870. The summed E-state index contributed by atoms with van der Waals surface area (Å²) in [5.74, 6) is 3.17. The molecule has 0 unspecified atom stereocenters. The summed E-state index contributed by atoms with van der Waals surface area (Å²) in [5.41, 5.74) is 11.2. The molecule has 38 heteroatoms. The largest absolute Gasteiger partial charge is 0.493 e. The number of ether oxygens (including phenoxy) is 4. The third kappa shape index (κ3) is 24.3. The summed E-state index contributed by atoms with van der Waals surface area (Å²) < 4.78 is 116. The normalized spacial score (nSPS) is 19.5. The molecule has 5 N–H and O–H groups in total. The van der Waals surface area contributed by atoms with Gasteiger partial charge < -0.3 is 48.5 Å². The lowest BCUT2D eigenvalue weighted by Crippen LogP contribution is -2.47. The second kappa shape index (κ2) is 41.0. The molecule has 0 saturated carbocycles. The molecule has 2 aliphatic carbocycles. The number of carbonyl (C=O) groups is 2. The van der Waals surface area contributed by atoms with Crippen molar-refractivity contribution in [3.8, 4) is 34.5 Å². The molecular formula is C100H118Cl2N16O16S4. The van der Waals surface area contributed by atoms with E-state index in [-0.39, 0.29) is 99.8 Å². The Morgan fingerprint density at radius 1 is 0.536 bits per heavy atom. The van der Waals surface area contributed by atoms with Gasteiger partial charge >= 0.3 is 0 Å². The number of H-pyrrole nitrogens is 2. The van der Waals surface area contributed by atoms with Gasteiger partial charge in [0.05, 0.1) is 79.8 Å². The van der Waals surface area contributed by atoms with Gasteiger partial charge in [-0.3, -0.25) is 44.0 Å². The standard InChI is InChI=1S/C51H61ClN8O7S2.C49H57ClN8O9S2/c1-51(2)16-12-37(45(29-51)35-6-8-38(52)9-7-35)32-58-20-22-59(23-21-58)40-10-11-43(48(26-40)67-41-25-36-13-17-53-49(36)54-30-41)50(61)56-69(64,65)42-27-46(60(62)63)44-24-34(33-66-47(44)28-42)31-57-18-14-39(15-19-57)55-68(3,4)5;1-49(2)14-10-35(43(27-49)33-4-6-36(50)7-5-33)30-56-18-20-57(21-19-56)38-8-9-41(46(24-38)67-39-23-34-11-15-51-47(34)52-28-39)48(59)54-69(64,65)40-25-44(58(60)61)42-22-32(31-66-45(42)26-40)29-55-16-12-37(13-17-55)53-68(3,62)63/h6-11,13,17,25-28,30,34,39H,3,12,14-16,18-24,29,31-33H2,1-2,4-5H3,(H,53,54)(H,56,61);4-9,11,15,23-26,28,32,37,53H,10,12-14,16-22,27,29-31H2,1-3H3,(H,51,52)(H,54,59)/t34-;32-/m11/s1. The Morgan fingerprint density at radius 3 is 1.33 bits per heavy atom. The van der Waals surface area contributed by atoms with Crippen molar-refractivity contribution in [3.05, 3.63) is 233 Å². The van der Waals surface area contributed by atoms with Crippen molar-refractivity contribution in [2.24, 2.45) is 27.0 Å². The van der Waals surface area contributed by atoms with E-state index in [9.17, 15) is 55.1 Å². The van der Waals surface area contributed by atoms with Crippen LogP contribution >= 0.6 is 23.2 Å². The predicted molar refractivity (Wildman–Crippen MR) is 541 cm³/mol. The number of amides is 2. The summed E-state index contributed by atoms with van der Waals surface area (Å²) in [7, 11) is -13.8. The molecule has 2 atom stereocenters. The van der Waals surface area contributed by atoms with E-state index in [1.165, 1.54) is 64.0 Å². The zero-order valence-corrected chi connectivity index (χ0v) is 83.4. The van der Waals surface area contributed by atoms with Gasteiger partial charge in [0.2, 0.25) is 10.0 Å². The Kier molecular flexibility index (Phi) is 29.3. The number of halogens is 2. The number of piperazine rings is 2. The van der Waals surface area contributed by atoms with Crippen molar-refractivity contribution < 1.29 is 63.6 Å². The van der Waals surface area contributed by atoms with Gasteiger partial charge in [-0.2, -0.15) is 0 Å². The first-order valence-electron chi connectivity index (χ1n) is 46.8. The SMILES string of the molecule is C=S(C)(C)=NC1CCN(C[C@@H]2COc3cc(S(=O)(=O)NC(=O)c4ccc(N5CCN(CC6=C(c7ccc(Cl)cc7)CC(C)(C)CC6)CC5)cc4Oc4cnc5[nH]ccc5c4)cc([N+](=O)[O-])c3C2)CC1.CC1(C)CCC(CN2CCN(c3ccc(C(=O)NS(=O)(=O)c4cc5c(c([N+](=O)[O-])c4)C[C@H](CN4CCC(NS(C)(=O)=O)CC4)CO5)c(Oc4cnc5[nH]ccc5c4)c3)CC2)=C(c2ccc(Cl)cc2)C1. The highest BCUT2D eigenvalue weighted by Crippen LogP contribution is 2.48. The van der Waals surface area contributed by atoms with E-state index in [4.69, 9.17) is 46.5 Å². The topological polar surface area (TPSA) is 385 Å². The minimum absolute atomic E-state index is 0.0267. The highest BCUT2D eigenvalue weighted by atomic mass is 35.5. The van der Waals surface area contributed by atoms with Crippen LogP contribution in [0, 0.1) is 42.9 Å². The van der Waals surface area contributed by atoms with Crippen LogP contribution in [0.2, 0.25) is 10.0 Å². The first-order valence-corrected chi connectivity index (χ1v) is 55.0. The van der Waals surface area contributed by atoms with Crippen molar-refractivity contribution in [2.45, 2.75) is 127 Å². The van der Waals surface area contributed by atoms with Gasteiger partial charge in [0.25, 0.3) is 43.2 Å². The van der Waals surface area contributed by atoms with Gasteiger partial charge in [0.15, 0.2) is 0 Å². The fourth-order valence-electron chi connectivity index (χ4n) is 20.2. The van der Waals surface area contributed by atoms with E-state index in [1.54, 1.807) is 54.9 Å². The highest BCUT2D eigenvalue weighted by Gasteiger charge is 2.39. The van der Waals surface area contributed by atoms with Crippen LogP contribution in [0.3, 0.4) is 0 Å². The lowest BCUT2D eigenvalue weighted by molar-refractivity contribution is -0.386. The molecule has 0 spiro atoms. The van der Waals surface area contributed by atoms with Crippen LogP contribution in [-0.2, 0) is 52.3 Å². The van der Waals surface area contributed by atoms with E-state index >= 15 is 0 Å². The molecule has 6 aromatic carbocycles. The van der Waals surface area contributed by atoms with Crippen LogP contribution in [0.4, 0.5) is 22.7 Å². The molecule has 4 aromatic heterocycles. The molecule has 4 fully saturated rings. The summed E-state index contributed by atoms with van der Waals surface area (Å²) in [5, 5.41) is 28.0. The summed E-state index contributed by atoms with van der Waals surface area (Å²) in [6, 6.07) is 38.3. The van der Waals surface area contributed by atoms with Gasteiger partial charge in [-0.1, -0.05) is 92.2 Å². The van der Waals surface area contributed by atoms with E-state index in [0.29, 0.717) is 86.9 Å². The molecule has 8 aliphatic rings. The Balaban J connectivity index is 0.000000191. The van der Waals surface area contributed by atoms with Gasteiger partial charge in [0.1, 0.15) is 45.8 Å². The molecule has 32 nitrogen and oxygen atoms in total. The first kappa shape index (κ1) is 98.6. The number of carbonyl (C=O) groups excluding carboxylic acids is 2. The molecule has 0 radical (unpaired) electrons. The number of nitrogens with one attached hydrogen (secondary N) is 5. The molecule has 10 heterocycles. The molecule has 4 saturated heterocycles. The lowest BCUT2D eigenvalue weighted by atomic mass is 9.72. The number of nitro benzene ring substituents is 2. The van der Waals surface area contributed by atoms with Crippen LogP contribution in [0.25, 0.3) is 33.2 Å². The zero-order valence-electron chi connectivity index (χ0n) is 78.6. The third-order valence-electron chi connectivity index (χ3n) is 27.4. The molecule has 6 aliphatic heterocycles. The monoisotopic (exact) mass is 2000 g/mol. The Hall–Kier alpha value is -11.0. The smallest absolute Gasteiger partial charge is 0.277 e. The fraction of sp³-hybridized carbons (Fsp3) is 0.430. The number of anilines is 2. The minimum Gasteiger partial charge on any atom is -0.493 e. The average Bonchev–Trinajstić information content (AvgIpc) is 0.987. The minimum atomic E-state index is -4.68. The second-order valence-corrected chi connectivity index (χ2v) is 48.9. The van der Waals surface area contributed by atoms with Crippen LogP contribution in [0.15, 0.2) is 184 Å². The number of hydrogen-bond donors (Lipinski definition) is 5. The summed E-state index contributed by atoms with van der Waals surface area (Å²) in [6.07, 6.45) is 22.0. The first-order chi connectivity index (χ1) is 65.7. The number of nitro groups is 2. The number of likely N-dealkylation sites (tertiary alicyclic amines) is 2. The van der Waals surface area contributed by atoms with Gasteiger partial charge in [0, 0.05) is 190 Å². The predicted octanol–water partition coefficient (Wildman–Crippen LogP) is 16.3. The van der Waals surface area contributed by atoms with Gasteiger partial charge in [-0.15, -0.1) is 9.41 Å². The maximum atomic E-state index is 14.1. The summed E-state index contributed by atoms with van der Waals surface area (Å²) in [6.45, 7) is 21.9. The fourth-order valence-corrected chi connectivity index (χ4v) is 24.3. The van der Waals surface area contributed by atoms with Gasteiger partial charge in [-0.25, -0.2) is 49.4 Å². The number of piperidine rings is 2. The van der Waals surface area contributed by atoms with Crippen molar-refractivity contribution in [1.29, 1.82) is 0 Å². The number of hydrogen-bond acceptors (Lipinski definition) is 25. The Labute approximate surface area is 815 Å². The van der Waals surface area contributed by atoms with Crippen LogP contribution < -0.4 is 42.9 Å². The molecule has 2 amide bonds. The number of rotatable bonds is 27. The van der Waals surface area contributed by atoms with Crippen LogP contribution in [0.5, 0.6) is 34.5 Å². The zero-order chi connectivity index (χ0) is 97.3. The number of aromatic nitrogens is 4. The quantitative estimate of drug-likeness (QED) is 0.0181. The molecule has 18 rings (SSSR count). The number of sulfonamides is 3. The van der Waals surface area contributed by atoms with E-state index in [2.05, 4.69) is 134 Å². The lowest BCUT2D eigenvalue weighted by Gasteiger charge is -2.39. The molecule has 10 aromatic rings. The van der Waals surface area contributed by atoms with E-state index < -0.39 is 76.6 Å². The maximum Gasteiger partial charge on any atom is 0.277 e. The van der Waals surface area contributed by atoms with Crippen LogP contribution in [-0.4, -0.2) is 241 Å². The van der Waals surface area contributed by atoms with Crippen LogP contribution in [0.1, 0.15) is 135 Å². The average molecular weight is 2000 g/mol. The summed E-state index contributed by atoms with van der Waals surface area (Å²) >= 11 is 12.5. The number of benzene rings is 6. The number of fused-ring (bicyclic) bond motifs is 4. The van der Waals surface area contributed by atoms with Crippen molar-refractivity contribution in [1.82, 2.24) is 53.7 Å². The molecule has 0 bridgehead atoms. The van der Waals surface area contributed by atoms with Crippen molar-refractivity contribution in [3.63, 3.8) is 0 Å². The molecular weight excluding hydrogens is 1880 g/mol. The van der Waals surface area contributed by atoms with Crippen molar-refractivity contribution in [2.75, 3.05) is 146 Å². The molecule has 732 valence electrons. The summed E-state index contributed by atoms with van der Waals surface area (Å²) in [4.78, 5) is 80.0. The number of pyridine rings is 2. The number of allylic oxidation sites excluding steroid dienone is 2.